The van der Waals surface area contributed by atoms with Crippen molar-refractivity contribution in [3.8, 4) is 0 Å². The van der Waals surface area contributed by atoms with Crippen LogP contribution in [0.5, 0.6) is 0 Å². The molecule has 10 atom stereocenters. The molecule has 2 aliphatic heterocycles. The van der Waals surface area contributed by atoms with E-state index in [4.69, 9.17) is 38.9 Å². The number of benzene rings is 6. The summed E-state index contributed by atoms with van der Waals surface area (Å²) < 4.78 is 5.56. The number of morpholine rings is 1. The molecule has 33 heteroatoms. The van der Waals surface area contributed by atoms with Gasteiger partial charge in [0, 0.05) is 89.5 Å². The van der Waals surface area contributed by atoms with Crippen molar-refractivity contribution >= 4 is 93.4 Å². The van der Waals surface area contributed by atoms with Crippen LogP contribution in [0.1, 0.15) is 91.8 Å². The normalized spacial score (nSPS) is 15.9. The number of primary amides is 2. The number of fused-ring (bicyclic) bond motifs is 1. The molecule has 20 N–H and O–H groups in total. The Morgan fingerprint density at radius 1 is 0.509 bits per heavy atom. The van der Waals surface area contributed by atoms with E-state index in [1.165, 1.54) is 11.8 Å². The number of rotatable bonds is 44. The molecule has 2 heterocycles. The van der Waals surface area contributed by atoms with Gasteiger partial charge in [-0.1, -0.05) is 159 Å². The number of ether oxygens (including phenoxy) is 1. The van der Waals surface area contributed by atoms with Gasteiger partial charge in [0.2, 0.25) is 59.1 Å². The molecular weight excluding hydrogens is 1510 g/mol. The monoisotopic (exact) mass is 1620 g/mol. The van der Waals surface area contributed by atoms with Crippen molar-refractivity contribution < 1.29 is 72.8 Å². The van der Waals surface area contributed by atoms with Gasteiger partial charge in [0.15, 0.2) is 5.96 Å². The number of aliphatic hydroxyl groups excluding tert-OH is 3. The third kappa shape index (κ3) is 29.0. The topological polar surface area (TPSA) is 490 Å². The molecular formula is C83H110ClN17O15. The molecule has 12 amide bonds. The first kappa shape index (κ1) is 90.4. The average Bonchev–Trinajstić information content (AvgIpc) is 1.44. The lowest BCUT2D eigenvalue weighted by Gasteiger charge is -2.31. The summed E-state index contributed by atoms with van der Waals surface area (Å²) in [4.78, 5) is 164. The lowest BCUT2D eigenvalue weighted by molar-refractivity contribution is -0.142. The first-order valence-electron chi connectivity index (χ1n) is 39.1. The number of nitrogens with zero attached hydrogens (tertiary/aromatic N) is 3. The third-order valence-electron chi connectivity index (χ3n) is 20.1. The van der Waals surface area contributed by atoms with Gasteiger partial charge in [-0.05, 0) is 107 Å². The van der Waals surface area contributed by atoms with E-state index in [1.807, 2.05) is 53.4 Å². The molecule has 0 unspecified atom stereocenters. The number of nitrogens with two attached hydrogens (primary N) is 3. The minimum atomic E-state index is -1.83. The summed E-state index contributed by atoms with van der Waals surface area (Å²) in [6.07, 6.45) is -0.0770. The highest BCUT2D eigenvalue weighted by molar-refractivity contribution is 6.30. The second-order valence-corrected chi connectivity index (χ2v) is 30.1. The minimum Gasteiger partial charge on any atom is -0.395 e. The van der Waals surface area contributed by atoms with Gasteiger partial charge in [-0.15, -0.1) is 0 Å². The number of aliphatic hydroxyl groups is 3. The SMILES string of the molecule is CC(C)C[C@H](NC(=O)[C@@H](Cc1ccc(CN(CCO)CCO)cc1)NC(=O)[C@H](Cc1ccc(CN2CCOCC2)cc1)NC(=O)[C@H](CO)NC(=O)[C@@H](Cc1ccccc1)NC(=O)[C@@H](Cc1ccc(Cl)cc1)NC(=O)[C@@H](Cc1ccc2ccccc2c1)NC(N)=O)C(=O)N[C@@H](CCCNC(=N)N)C(=O)N1CCC[C@H]1C(=O)N[C@H](C)C(N)=O. The molecule has 0 spiro atoms. The van der Waals surface area contributed by atoms with Crippen molar-refractivity contribution in [1.82, 2.24) is 67.9 Å². The van der Waals surface area contributed by atoms with E-state index in [-0.39, 0.29) is 109 Å². The van der Waals surface area contributed by atoms with Gasteiger partial charge >= 0.3 is 6.03 Å². The summed E-state index contributed by atoms with van der Waals surface area (Å²) in [7, 11) is 0. The summed E-state index contributed by atoms with van der Waals surface area (Å²) in [5.41, 5.74) is 21.1. The molecule has 8 rings (SSSR count). The Bertz CT molecular complexity index is 4290. The summed E-state index contributed by atoms with van der Waals surface area (Å²) in [6.45, 7) is 7.81. The van der Waals surface area contributed by atoms with Gasteiger partial charge < -0.3 is 95.3 Å². The summed E-state index contributed by atoms with van der Waals surface area (Å²) >= 11 is 6.28. The molecule has 2 fully saturated rings. The zero-order chi connectivity index (χ0) is 83.8. The second kappa shape index (κ2) is 45.8. The highest BCUT2D eigenvalue weighted by atomic mass is 35.5. The van der Waals surface area contributed by atoms with Crippen molar-refractivity contribution in [1.29, 1.82) is 5.41 Å². The first-order chi connectivity index (χ1) is 55.6. The van der Waals surface area contributed by atoms with E-state index < -0.39 is 132 Å². The summed E-state index contributed by atoms with van der Waals surface area (Å²) in [5, 5.41) is 67.7. The van der Waals surface area contributed by atoms with Gasteiger partial charge in [-0.25, -0.2) is 4.79 Å². The average molecular weight is 1620 g/mol. The number of hydrogen-bond acceptors (Lipinski definition) is 18. The maximum absolute atomic E-state index is 15.6. The smallest absolute Gasteiger partial charge is 0.312 e. The van der Waals surface area contributed by atoms with E-state index in [0.29, 0.717) is 78.7 Å². The summed E-state index contributed by atoms with van der Waals surface area (Å²) in [6, 6.07) is 27.3. The quantitative estimate of drug-likeness (QED) is 0.0139. The molecule has 624 valence electrons. The van der Waals surface area contributed by atoms with Crippen LogP contribution in [-0.2, 0) is 97.9 Å². The van der Waals surface area contributed by atoms with E-state index in [1.54, 1.807) is 111 Å². The predicted molar refractivity (Wildman–Crippen MR) is 436 cm³/mol. The molecule has 32 nitrogen and oxygen atoms in total. The molecule has 6 aromatic carbocycles. The fourth-order valence-corrected chi connectivity index (χ4v) is 14.0. The molecule has 0 saturated carbocycles. The Morgan fingerprint density at radius 2 is 0.948 bits per heavy atom. The Labute approximate surface area is 679 Å². The van der Waals surface area contributed by atoms with Crippen LogP contribution in [0.3, 0.4) is 0 Å². The lowest BCUT2D eigenvalue weighted by Crippen LogP contribution is -2.62. The van der Waals surface area contributed by atoms with Crippen LogP contribution in [0.4, 0.5) is 4.79 Å². The molecule has 0 bridgehead atoms. The zero-order valence-electron chi connectivity index (χ0n) is 65.7. The predicted octanol–water partition coefficient (Wildman–Crippen LogP) is 0.338. The van der Waals surface area contributed by atoms with Crippen molar-refractivity contribution in [2.45, 2.75) is 158 Å². The number of hydrogen-bond donors (Lipinski definition) is 17. The third-order valence-corrected chi connectivity index (χ3v) is 20.4. The Hall–Kier alpha value is -11.1. The lowest BCUT2D eigenvalue weighted by atomic mass is 9.99. The molecule has 2 saturated heterocycles. The van der Waals surface area contributed by atoms with Crippen LogP contribution in [0.2, 0.25) is 5.02 Å². The zero-order valence-corrected chi connectivity index (χ0v) is 66.4. The molecule has 0 radical (unpaired) electrons. The highest BCUT2D eigenvalue weighted by Crippen LogP contribution is 2.23. The highest BCUT2D eigenvalue weighted by Gasteiger charge is 2.41. The maximum atomic E-state index is 15.6. The van der Waals surface area contributed by atoms with Gasteiger partial charge in [-0.2, -0.15) is 0 Å². The van der Waals surface area contributed by atoms with Gasteiger partial charge in [0.1, 0.15) is 60.4 Å². The van der Waals surface area contributed by atoms with Gasteiger partial charge in [0.25, 0.3) is 0 Å². The number of nitrogens with one attached hydrogen (secondary N) is 11. The first-order valence-corrected chi connectivity index (χ1v) is 39.5. The summed E-state index contributed by atoms with van der Waals surface area (Å²) in [5.74, 6) is -9.02. The van der Waals surface area contributed by atoms with Gasteiger partial charge in [0.05, 0.1) is 33.0 Å². The van der Waals surface area contributed by atoms with E-state index in [2.05, 4.69) is 58.1 Å². The standard InChI is InChI=1S/C83H110ClN17O15/c1-51(2)41-64(73(106)91-63(15-9-31-89-82(86)87)81(114)101-32-10-16-71(101)80(113)90-52(3)72(85)105)92-74(107)66(44-54-17-21-57(22-18-54)48-99(33-37-102)34-38-103)94-76(109)68(45-55-19-23-58(24-20-55)49-100-35-39-116-40-36-100)96-79(112)70(50-104)97-77(110)65(43-53-11-5-4-6-12-53)93-75(108)67(46-56-26-29-62(84)30-27-56)95-78(111)69(98-83(88)115)47-59-25-28-60-13-7-8-14-61(60)42-59/h4-8,11-14,17-30,42,51-52,63-71,102-104H,9-10,15-16,31-41,43-50H2,1-3H3,(H2,85,105)(H,90,113)(H,91,106)(H,92,107)(H,93,108)(H,94,109)(H,95,111)(H,96,112)(H,97,110)(H4,86,87,89)(H3,88,98,115)/t52-,63+,64+,65-,66-,67-,68+,69-,70+,71+/m1/s1. The van der Waals surface area contributed by atoms with Crippen LogP contribution in [0.15, 0.2) is 146 Å². The number of likely N-dealkylation sites (tertiary alicyclic amines) is 1. The molecule has 0 aromatic heterocycles. The fourth-order valence-electron chi connectivity index (χ4n) is 13.9. The Morgan fingerprint density at radius 3 is 1.46 bits per heavy atom. The molecule has 2 aliphatic rings. The minimum absolute atomic E-state index is 0.00748. The van der Waals surface area contributed by atoms with Crippen LogP contribution in [0.25, 0.3) is 10.8 Å². The van der Waals surface area contributed by atoms with Crippen LogP contribution in [0, 0.1) is 11.3 Å². The number of carbonyl (C=O) groups excluding carboxylic acids is 11. The molecule has 0 aliphatic carbocycles. The van der Waals surface area contributed by atoms with Gasteiger partial charge in [-0.3, -0.25) is 63.2 Å². The van der Waals surface area contributed by atoms with Crippen molar-refractivity contribution in [3.63, 3.8) is 0 Å². The number of guanidine groups is 1. The largest absolute Gasteiger partial charge is 0.395 e. The van der Waals surface area contributed by atoms with E-state index >= 15 is 24.0 Å². The van der Waals surface area contributed by atoms with E-state index in [9.17, 15) is 44.1 Å². The van der Waals surface area contributed by atoms with Crippen LogP contribution >= 0.6 is 11.6 Å². The van der Waals surface area contributed by atoms with Crippen LogP contribution in [-0.4, -0.2) is 234 Å². The van der Waals surface area contributed by atoms with Crippen molar-refractivity contribution in [3.05, 3.63) is 190 Å². The van der Waals surface area contributed by atoms with E-state index in [0.717, 1.165) is 21.9 Å². The number of amides is 12. The molecule has 6 aromatic rings. The number of halogens is 1. The number of carbonyl (C=O) groups is 11. The number of urea groups is 1. The van der Waals surface area contributed by atoms with Crippen LogP contribution < -0.4 is 70.4 Å². The fraction of sp³-hybridized carbons (Fsp3) is 0.446. The Balaban J connectivity index is 1.10. The second-order valence-electron chi connectivity index (χ2n) is 29.7. The van der Waals surface area contributed by atoms with Crippen molar-refractivity contribution in [2.75, 3.05) is 72.3 Å². The van der Waals surface area contributed by atoms with Crippen molar-refractivity contribution in [2.24, 2.45) is 23.1 Å². The molecule has 116 heavy (non-hydrogen) atoms. The Kier molecular flexibility index (Phi) is 35.7. The maximum Gasteiger partial charge on any atom is 0.312 e.